The molecule has 0 radical (unpaired) electrons. The molecule has 3 aromatic rings. The summed E-state index contributed by atoms with van der Waals surface area (Å²) in [6.45, 7) is 1.32. The molecule has 1 N–H and O–H groups in total. The third-order valence-electron chi connectivity index (χ3n) is 4.12. The molecule has 31 heavy (non-hydrogen) atoms. The smallest absolute Gasteiger partial charge is 0.406 e. The number of aromatic nitrogens is 1. The van der Waals surface area contributed by atoms with Crippen molar-refractivity contribution in [1.82, 2.24) is 15.2 Å². The molecule has 0 aliphatic heterocycles. The Hall–Kier alpha value is -2.56. The molecular weight excluding hydrogens is 453 g/mol. The van der Waals surface area contributed by atoms with Crippen LogP contribution in [0.1, 0.15) is 5.56 Å². The lowest BCUT2D eigenvalue weighted by Crippen LogP contribution is -2.43. The van der Waals surface area contributed by atoms with E-state index in [-0.39, 0.29) is 24.2 Å². The van der Waals surface area contributed by atoms with Crippen molar-refractivity contribution in [2.45, 2.75) is 12.9 Å². The largest absolute Gasteiger partial charge is 0.573 e. The van der Waals surface area contributed by atoms with E-state index < -0.39 is 6.36 Å². The Morgan fingerprint density at radius 1 is 1.13 bits per heavy atom. The summed E-state index contributed by atoms with van der Waals surface area (Å²) in [4.78, 5) is 20.7. The van der Waals surface area contributed by atoms with Crippen LogP contribution in [0.3, 0.4) is 0 Å². The number of nitrogens with one attached hydrogen (secondary N) is 1. The first kappa shape index (κ1) is 24.7. The second-order valence-electron chi connectivity index (χ2n) is 6.77. The summed E-state index contributed by atoms with van der Waals surface area (Å²) in [7, 11) is 3.78. The molecule has 0 bridgehead atoms. The van der Waals surface area contributed by atoms with E-state index in [2.05, 4.69) is 15.0 Å². The zero-order valence-corrected chi connectivity index (χ0v) is 18.5. The van der Waals surface area contributed by atoms with Crippen molar-refractivity contribution < 1.29 is 22.7 Å². The van der Waals surface area contributed by atoms with Gasteiger partial charge in [-0.15, -0.1) is 25.6 Å². The van der Waals surface area contributed by atoms with Gasteiger partial charge in [-0.1, -0.05) is 41.7 Å². The standard InChI is InChI=1S/C20H21F3N4O2S.ClH/c1-26(2)10-11-27(18(28)24-13-14-6-4-3-5-7-14)19-25-16-9-8-15(12-17(16)30-19)29-20(21,22)23;/h3-9,12H,10-11,13H2,1-2H3,(H,24,28);1H. The van der Waals surface area contributed by atoms with E-state index >= 15 is 0 Å². The number of ether oxygens (including phenoxy) is 1. The maximum Gasteiger partial charge on any atom is 0.573 e. The summed E-state index contributed by atoms with van der Waals surface area (Å²) in [5.74, 6) is -0.321. The van der Waals surface area contributed by atoms with Crippen molar-refractivity contribution in [2.24, 2.45) is 0 Å². The highest BCUT2D eigenvalue weighted by Crippen LogP contribution is 2.33. The minimum atomic E-state index is -4.77. The zero-order chi connectivity index (χ0) is 21.7. The van der Waals surface area contributed by atoms with E-state index in [0.29, 0.717) is 35.0 Å². The van der Waals surface area contributed by atoms with Crippen molar-refractivity contribution in [3.05, 3.63) is 54.1 Å². The number of likely N-dealkylation sites (N-methyl/N-ethyl adjacent to an activating group) is 1. The lowest BCUT2D eigenvalue weighted by Gasteiger charge is -2.22. The van der Waals surface area contributed by atoms with Crippen LogP contribution in [-0.4, -0.2) is 49.5 Å². The van der Waals surface area contributed by atoms with Crippen molar-refractivity contribution >= 4 is 45.1 Å². The average molecular weight is 475 g/mol. The molecule has 0 saturated heterocycles. The topological polar surface area (TPSA) is 57.7 Å². The maximum atomic E-state index is 12.9. The van der Waals surface area contributed by atoms with Crippen molar-refractivity contribution in [1.29, 1.82) is 0 Å². The molecule has 0 aliphatic carbocycles. The van der Waals surface area contributed by atoms with E-state index in [1.165, 1.54) is 23.1 Å². The molecule has 11 heteroatoms. The Morgan fingerprint density at radius 3 is 2.48 bits per heavy atom. The number of carbonyl (C=O) groups is 1. The monoisotopic (exact) mass is 474 g/mol. The molecule has 6 nitrogen and oxygen atoms in total. The van der Waals surface area contributed by atoms with Crippen LogP contribution in [0, 0.1) is 0 Å². The number of amides is 2. The Bertz CT molecular complexity index is 999. The van der Waals surface area contributed by atoms with Crippen LogP contribution in [0.15, 0.2) is 48.5 Å². The molecule has 0 saturated carbocycles. The van der Waals surface area contributed by atoms with E-state index in [9.17, 15) is 18.0 Å². The fourth-order valence-electron chi connectivity index (χ4n) is 2.66. The molecule has 2 aromatic carbocycles. The van der Waals surface area contributed by atoms with Crippen molar-refractivity contribution in [3.63, 3.8) is 0 Å². The third kappa shape index (κ3) is 7.27. The molecule has 0 aliphatic rings. The molecule has 0 spiro atoms. The van der Waals surface area contributed by atoms with Gasteiger partial charge >= 0.3 is 12.4 Å². The van der Waals surface area contributed by atoms with Crippen LogP contribution in [0.5, 0.6) is 5.75 Å². The van der Waals surface area contributed by atoms with Gasteiger partial charge in [0.15, 0.2) is 5.13 Å². The molecule has 1 aromatic heterocycles. The average Bonchev–Trinajstić information content (AvgIpc) is 3.08. The van der Waals surface area contributed by atoms with Crippen LogP contribution in [0.2, 0.25) is 0 Å². The number of rotatable bonds is 7. The number of hydrogen-bond donors (Lipinski definition) is 1. The number of urea groups is 1. The lowest BCUT2D eigenvalue weighted by atomic mass is 10.2. The van der Waals surface area contributed by atoms with Crippen LogP contribution in [0.4, 0.5) is 23.1 Å². The fourth-order valence-corrected chi connectivity index (χ4v) is 3.68. The first-order chi connectivity index (χ1) is 14.2. The van der Waals surface area contributed by atoms with Gasteiger partial charge < -0.3 is 15.0 Å². The number of nitrogens with zero attached hydrogens (tertiary/aromatic N) is 3. The van der Waals surface area contributed by atoms with Crippen molar-refractivity contribution in [2.75, 3.05) is 32.1 Å². The van der Waals surface area contributed by atoms with E-state index in [1.54, 1.807) is 0 Å². The molecule has 0 fully saturated rings. The van der Waals surface area contributed by atoms with Crippen LogP contribution >= 0.6 is 23.7 Å². The lowest BCUT2D eigenvalue weighted by molar-refractivity contribution is -0.274. The van der Waals surface area contributed by atoms with E-state index in [1.807, 2.05) is 49.3 Å². The molecule has 2 amide bonds. The number of hydrogen-bond acceptors (Lipinski definition) is 5. The van der Waals surface area contributed by atoms with Gasteiger partial charge in [0.2, 0.25) is 0 Å². The van der Waals surface area contributed by atoms with Crippen molar-refractivity contribution in [3.8, 4) is 5.75 Å². The summed E-state index contributed by atoms with van der Waals surface area (Å²) < 4.78 is 41.9. The van der Waals surface area contributed by atoms with Gasteiger partial charge in [-0.2, -0.15) is 0 Å². The Kier molecular flexibility index (Phi) is 8.49. The fraction of sp³-hybridized carbons (Fsp3) is 0.300. The minimum absolute atomic E-state index is 0. The van der Waals surface area contributed by atoms with Gasteiger partial charge in [0, 0.05) is 25.7 Å². The summed E-state index contributed by atoms with van der Waals surface area (Å²) in [6.07, 6.45) is -4.77. The predicted molar refractivity (Wildman–Crippen MR) is 118 cm³/mol. The number of halogens is 4. The molecule has 168 valence electrons. The van der Waals surface area contributed by atoms with Crippen LogP contribution in [-0.2, 0) is 6.54 Å². The summed E-state index contributed by atoms with van der Waals surface area (Å²) in [5, 5.41) is 3.27. The molecule has 1 heterocycles. The van der Waals surface area contributed by atoms with Crippen LogP contribution < -0.4 is 15.0 Å². The van der Waals surface area contributed by atoms with Gasteiger partial charge in [-0.3, -0.25) is 4.90 Å². The minimum Gasteiger partial charge on any atom is -0.406 e. The highest BCUT2D eigenvalue weighted by molar-refractivity contribution is 7.22. The molecule has 0 atom stereocenters. The van der Waals surface area contributed by atoms with Gasteiger partial charge in [-0.25, -0.2) is 9.78 Å². The first-order valence-corrected chi connectivity index (χ1v) is 9.93. The second-order valence-corrected chi connectivity index (χ2v) is 7.78. The SMILES string of the molecule is CN(C)CCN(C(=O)NCc1ccccc1)c1nc2ccc(OC(F)(F)F)cc2s1.Cl. The number of anilines is 1. The number of thiazole rings is 1. The molecule has 0 unspecified atom stereocenters. The van der Waals surface area contributed by atoms with Gasteiger partial charge in [0.25, 0.3) is 0 Å². The number of carbonyl (C=O) groups excluding carboxylic acids is 1. The highest BCUT2D eigenvalue weighted by Gasteiger charge is 2.31. The predicted octanol–water partition coefficient (Wildman–Crippen LogP) is 4.89. The zero-order valence-electron chi connectivity index (χ0n) is 16.8. The van der Waals surface area contributed by atoms with E-state index in [0.717, 1.165) is 16.9 Å². The summed E-state index contributed by atoms with van der Waals surface area (Å²) in [5.41, 5.74) is 1.45. The Labute approximate surface area is 188 Å². The quantitative estimate of drug-likeness (QED) is 0.529. The molecule has 3 rings (SSSR count). The van der Waals surface area contributed by atoms with E-state index in [4.69, 9.17) is 0 Å². The number of alkyl halides is 3. The summed E-state index contributed by atoms with van der Waals surface area (Å²) >= 11 is 1.14. The van der Waals surface area contributed by atoms with Crippen LogP contribution in [0.25, 0.3) is 10.2 Å². The maximum absolute atomic E-state index is 12.9. The number of fused-ring (bicyclic) bond motifs is 1. The first-order valence-electron chi connectivity index (χ1n) is 9.11. The van der Waals surface area contributed by atoms with Gasteiger partial charge in [-0.05, 0) is 31.8 Å². The number of benzene rings is 2. The van der Waals surface area contributed by atoms with Gasteiger partial charge in [0.1, 0.15) is 5.75 Å². The Balaban J connectivity index is 0.00000341. The highest BCUT2D eigenvalue weighted by atomic mass is 35.5. The van der Waals surface area contributed by atoms with Gasteiger partial charge in [0.05, 0.1) is 10.2 Å². The second kappa shape index (κ2) is 10.7. The molecular formula is C20H22ClF3N4O2S. The normalized spacial score (nSPS) is 11.3. The Morgan fingerprint density at radius 2 is 1.84 bits per heavy atom. The summed E-state index contributed by atoms with van der Waals surface area (Å²) in [6, 6.07) is 13.1. The third-order valence-corrected chi connectivity index (χ3v) is 5.16.